The Labute approximate surface area is 159 Å². The normalized spacial score (nSPS) is 26.4. The van der Waals surface area contributed by atoms with Crippen molar-refractivity contribution in [3.05, 3.63) is 35.7 Å². The van der Waals surface area contributed by atoms with Gasteiger partial charge in [0.1, 0.15) is 11.5 Å². The molecule has 1 aliphatic carbocycles. The number of hydrogen-bond acceptors (Lipinski definition) is 5. The van der Waals surface area contributed by atoms with Gasteiger partial charge in [-0.15, -0.1) is 0 Å². The highest BCUT2D eigenvalue weighted by Gasteiger charge is 2.65. The van der Waals surface area contributed by atoms with Crippen LogP contribution in [0.4, 0.5) is 0 Å². The lowest BCUT2D eigenvalue weighted by molar-refractivity contribution is -0.148. The number of benzene rings is 1. The van der Waals surface area contributed by atoms with Crippen LogP contribution < -0.4 is 10.5 Å². The van der Waals surface area contributed by atoms with E-state index in [1.807, 2.05) is 31.2 Å². The monoisotopic (exact) mass is 369 g/mol. The number of carbonyl (C=O) groups is 1. The van der Waals surface area contributed by atoms with Gasteiger partial charge in [-0.25, -0.2) is 4.98 Å². The molecule has 2 aliphatic rings. The Morgan fingerprint density at radius 1 is 1.37 bits per heavy atom. The maximum atomic E-state index is 12.1. The molecule has 6 heteroatoms. The molecule has 2 aromatic rings. The van der Waals surface area contributed by atoms with Crippen molar-refractivity contribution in [2.75, 3.05) is 20.2 Å². The zero-order chi connectivity index (χ0) is 19.4. The molecule has 144 valence electrons. The van der Waals surface area contributed by atoms with E-state index in [-0.39, 0.29) is 16.7 Å². The van der Waals surface area contributed by atoms with Gasteiger partial charge >= 0.3 is 0 Å². The van der Waals surface area contributed by atoms with Crippen molar-refractivity contribution in [3.63, 3.8) is 0 Å². The number of likely N-dealkylation sites (tertiary alicyclic amines) is 1. The fourth-order valence-electron chi connectivity index (χ4n) is 5.09. The molecule has 1 saturated carbocycles. The molecule has 4 rings (SSSR count). The third-order valence-electron chi connectivity index (χ3n) is 6.42. The van der Waals surface area contributed by atoms with E-state index in [2.05, 4.69) is 18.7 Å². The molecule has 0 radical (unpaired) electrons. The smallest absolute Gasteiger partial charge is 0.226 e. The lowest BCUT2D eigenvalue weighted by Gasteiger charge is -2.54. The van der Waals surface area contributed by atoms with Gasteiger partial charge in [-0.1, -0.05) is 13.8 Å². The fourth-order valence-corrected chi connectivity index (χ4v) is 5.09. The quantitative estimate of drug-likeness (QED) is 0.876. The van der Waals surface area contributed by atoms with Gasteiger partial charge in [-0.3, -0.25) is 9.69 Å². The third-order valence-corrected chi connectivity index (χ3v) is 6.42. The number of rotatable bonds is 5. The summed E-state index contributed by atoms with van der Waals surface area (Å²) < 4.78 is 11.1. The van der Waals surface area contributed by atoms with Gasteiger partial charge < -0.3 is 14.9 Å². The Kier molecular flexibility index (Phi) is 4.07. The molecular formula is C21H27N3O3. The number of ether oxygens (including phenoxy) is 1. The molecule has 0 unspecified atom stereocenters. The van der Waals surface area contributed by atoms with Gasteiger partial charge in [-0.05, 0) is 48.9 Å². The van der Waals surface area contributed by atoms with E-state index in [1.165, 1.54) is 0 Å². The molecule has 0 spiro atoms. The molecule has 2 N–H and O–H groups in total. The number of nitrogens with two attached hydrogens (primary N) is 1. The predicted octanol–water partition coefficient (Wildman–Crippen LogP) is 2.99. The molecule has 1 saturated heterocycles. The van der Waals surface area contributed by atoms with Crippen LogP contribution in [0, 0.1) is 23.7 Å². The maximum Gasteiger partial charge on any atom is 0.226 e. The van der Waals surface area contributed by atoms with Crippen molar-refractivity contribution in [2.24, 2.45) is 22.5 Å². The minimum absolute atomic E-state index is 0.162. The molecule has 1 aromatic carbocycles. The van der Waals surface area contributed by atoms with Crippen molar-refractivity contribution in [3.8, 4) is 17.2 Å². The first-order valence-corrected chi connectivity index (χ1v) is 9.38. The average molecular weight is 369 g/mol. The molecule has 1 amide bonds. The minimum Gasteiger partial charge on any atom is -0.497 e. The zero-order valence-corrected chi connectivity index (χ0v) is 16.4. The Balaban J connectivity index is 1.52. The van der Waals surface area contributed by atoms with Gasteiger partial charge in [0.25, 0.3) is 0 Å². The van der Waals surface area contributed by atoms with Crippen LogP contribution >= 0.6 is 0 Å². The largest absolute Gasteiger partial charge is 0.497 e. The van der Waals surface area contributed by atoms with E-state index in [0.29, 0.717) is 24.9 Å². The van der Waals surface area contributed by atoms with Crippen molar-refractivity contribution >= 4 is 5.91 Å². The summed E-state index contributed by atoms with van der Waals surface area (Å²) in [5.41, 5.74) is 7.40. The number of aromatic nitrogens is 1. The summed E-state index contributed by atoms with van der Waals surface area (Å²) in [6.45, 7) is 8.65. The number of nitrogens with zero attached hydrogens (tertiary/aromatic N) is 2. The lowest BCUT2D eigenvalue weighted by Crippen LogP contribution is -2.59. The Morgan fingerprint density at radius 3 is 2.63 bits per heavy atom. The molecule has 6 nitrogen and oxygen atoms in total. The van der Waals surface area contributed by atoms with Crippen LogP contribution in [0.1, 0.15) is 31.7 Å². The van der Waals surface area contributed by atoms with E-state index in [9.17, 15) is 4.79 Å². The first kappa shape index (κ1) is 18.0. The van der Waals surface area contributed by atoms with Gasteiger partial charge in [-0.2, -0.15) is 0 Å². The van der Waals surface area contributed by atoms with Gasteiger partial charge in [0, 0.05) is 25.2 Å². The van der Waals surface area contributed by atoms with Crippen molar-refractivity contribution in [1.82, 2.24) is 9.88 Å². The van der Waals surface area contributed by atoms with Crippen LogP contribution in [0.5, 0.6) is 5.75 Å². The summed E-state index contributed by atoms with van der Waals surface area (Å²) in [6, 6.07) is 7.67. The molecule has 1 aromatic heterocycles. The van der Waals surface area contributed by atoms with E-state index >= 15 is 0 Å². The fraction of sp³-hybridized carbons (Fsp3) is 0.524. The third kappa shape index (κ3) is 2.83. The lowest BCUT2D eigenvalue weighted by atomic mass is 9.48. The Bertz CT molecular complexity index is 871. The number of hydrogen-bond donors (Lipinski definition) is 1. The number of fused-ring (bicyclic) bond motifs is 1. The predicted molar refractivity (Wildman–Crippen MR) is 102 cm³/mol. The van der Waals surface area contributed by atoms with Crippen LogP contribution in [0.25, 0.3) is 11.5 Å². The first-order chi connectivity index (χ1) is 12.7. The summed E-state index contributed by atoms with van der Waals surface area (Å²) in [7, 11) is 1.64. The van der Waals surface area contributed by atoms with Crippen molar-refractivity contribution in [1.29, 1.82) is 0 Å². The van der Waals surface area contributed by atoms with Crippen LogP contribution in [0.3, 0.4) is 0 Å². The van der Waals surface area contributed by atoms with Crippen molar-refractivity contribution < 1.29 is 13.9 Å². The van der Waals surface area contributed by atoms with Crippen molar-refractivity contribution in [2.45, 2.75) is 33.7 Å². The van der Waals surface area contributed by atoms with Crippen LogP contribution in [0.2, 0.25) is 0 Å². The summed E-state index contributed by atoms with van der Waals surface area (Å²) >= 11 is 0. The number of carbonyl (C=O) groups excluding carboxylic acids is 1. The zero-order valence-electron chi connectivity index (χ0n) is 16.4. The SMILES string of the molecule is COc1ccc(-c2nc(CN3C[C@@H]4C(C)(C)C[C@]4(C(N)=O)C3)c(C)o2)cc1. The number of oxazole rings is 1. The molecule has 2 heterocycles. The maximum absolute atomic E-state index is 12.1. The Morgan fingerprint density at radius 2 is 2.07 bits per heavy atom. The highest BCUT2D eigenvalue weighted by Crippen LogP contribution is 2.62. The standard InChI is InChI=1S/C21H27N3O3/c1-13-16(23-18(27-13)14-5-7-15(26-4)8-6-14)9-24-10-17-20(2,3)11-21(17,12-24)19(22)25/h5-8,17H,9-12H2,1-4H3,(H2,22,25)/t17-,21+/m1/s1. The topological polar surface area (TPSA) is 81.6 Å². The van der Waals surface area contributed by atoms with Gasteiger partial charge in [0.15, 0.2) is 0 Å². The number of methoxy groups -OCH3 is 1. The first-order valence-electron chi connectivity index (χ1n) is 9.38. The van der Waals surface area contributed by atoms with E-state index < -0.39 is 0 Å². The second-order valence-corrected chi connectivity index (χ2v) is 8.66. The van der Waals surface area contributed by atoms with Crippen LogP contribution in [-0.4, -0.2) is 36.0 Å². The van der Waals surface area contributed by atoms with Crippen LogP contribution in [0.15, 0.2) is 28.7 Å². The molecule has 27 heavy (non-hydrogen) atoms. The van der Waals surface area contributed by atoms with E-state index in [0.717, 1.165) is 35.7 Å². The molecule has 2 fully saturated rings. The van der Waals surface area contributed by atoms with Crippen LogP contribution in [-0.2, 0) is 11.3 Å². The second kappa shape index (κ2) is 6.09. The highest BCUT2D eigenvalue weighted by molar-refractivity contribution is 5.83. The molecule has 2 atom stereocenters. The average Bonchev–Trinajstić information content (AvgIpc) is 3.14. The Hall–Kier alpha value is -2.34. The number of primary amides is 1. The van der Waals surface area contributed by atoms with E-state index in [1.54, 1.807) is 7.11 Å². The summed E-state index contributed by atoms with van der Waals surface area (Å²) in [4.78, 5) is 19.1. The highest BCUT2D eigenvalue weighted by atomic mass is 16.5. The minimum atomic E-state index is -0.375. The summed E-state index contributed by atoms with van der Waals surface area (Å²) in [5, 5.41) is 0. The number of amides is 1. The number of aryl methyl sites for hydroxylation is 1. The van der Waals surface area contributed by atoms with Gasteiger partial charge in [0.05, 0.1) is 18.2 Å². The summed E-state index contributed by atoms with van der Waals surface area (Å²) in [5.74, 6) is 2.37. The second-order valence-electron chi connectivity index (χ2n) is 8.66. The van der Waals surface area contributed by atoms with Gasteiger partial charge in [0.2, 0.25) is 11.8 Å². The molecular weight excluding hydrogens is 342 g/mol. The molecule has 0 bridgehead atoms. The summed E-state index contributed by atoms with van der Waals surface area (Å²) in [6.07, 6.45) is 0.866. The molecule has 1 aliphatic heterocycles. The van der Waals surface area contributed by atoms with E-state index in [4.69, 9.17) is 19.9 Å².